The molecule has 0 saturated carbocycles. The summed E-state index contributed by atoms with van der Waals surface area (Å²) < 4.78 is 27.5. The number of alkyl halides is 1. The summed E-state index contributed by atoms with van der Waals surface area (Å²) in [6.45, 7) is 9.81. The van der Waals surface area contributed by atoms with Crippen molar-refractivity contribution >= 4 is 34.0 Å². The highest BCUT2D eigenvalue weighted by molar-refractivity contribution is 6.29. The van der Waals surface area contributed by atoms with E-state index in [0.717, 1.165) is 43.6 Å². The van der Waals surface area contributed by atoms with E-state index in [1.807, 2.05) is 30.8 Å². The Bertz CT molecular complexity index is 1780. The van der Waals surface area contributed by atoms with Gasteiger partial charge in [0.15, 0.2) is 5.06 Å². The van der Waals surface area contributed by atoms with E-state index in [9.17, 15) is 9.18 Å². The smallest absolute Gasteiger partial charge is 0.355 e. The van der Waals surface area contributed by atoms with Crippen LogP contribution in [-0.2, 0) is 16.0 Å². The standard InChI is InChI=1S/C36H41ClFN5O3/c1-23(2)22-46-35(44)34-33(29-17-28(38)9-11-31(29)39-34)32-21-43(41-40-32)20-25-12-14-42(15-13-25)19-26-8-10-30(36(37,18-26)45-4)27-7-5-6-24(3)16-27/h5-11,16-17,21,23,25,39H,12-15,18-20,22H2,1-4H3. The highest BCUT2D eigenvalue weighted by Crippen LogP contribution is 2.42. The van der Waals surface area contributed by atoms with E-state index in [1.165, 1.54) is 23.3 Å². The fraction of sp³-hybridized carbons (Fsp3) is 0.417. The summed E-state index contributed by atoms with van der Waals surface area (Å²) in [5.41, 5.74) is 6.44. The molecule has 1 aliphatic carbocycles. The third-order valence-corrected chi connectivity index (χ3v) is 9.37. The van der Waals surface area contributed by atoms with Crippen LogP contribution >= 0.6 is 11.6 Å². The lowest BCUT2D eigenvalue weighted by atomic mass is 9.88. The Morgan fingerprint density at radius 2 is 1.98 bits per heavy atom. The van der Waals surface area contributed by atoms with Crippen LogP contribution in [0.15, 0.2) is 66.4 Å². The number of nitrogens with one attached hydrogen (secondary N) is 1. The summed E-state index contributed by atoms with van der Waals surface area (Å²) in [5, 5.41) is 8.49. The molecule has 242 valence electrons. The van der Waals surface area contributed by atoms with E-state index in [2.05, 4.69) is 57.5 Å². The number of aryl methyl sites for hydroxylation is 1. The number of piperidine rings is 1. The minimum absolute atomic E-state index is 0.189. The molecule has 4 aromatic rings. The Hall–Kier alpha value is -3.79. The van der Waals surface area contributed by atoms with Gasteiger partial charge < -0.3 is 14.5 Å². The maximum absolute atomic E-state index is 14.3. The first-order chi connectivity index (χ1) is 22.1. The Labute approximate surface area is 274 Å². The maximum Gasteiger partial charge on any atom is 0.355 e. The molecule has 1 aliphatic heterocycles. The molecule has 1 saturated heterocycles. The number of hydrogen-bond donors (Lipinski definition) is 1. The van der Waals surface area contributed by atoms with Gasteiger partial charge in [0.25, 0.3) is 0 Å². The molecule has 46 heavy (non-hydrogen) atoms. The number of likely N-dealkylation sites (tertiary alicyclic amines) is 1. The van der Waals surface area contributed by atoms with Gasteiger partial charge >= 0.3 is 5.97 Å². The molecule has 0 spiro atoms. The van der Waals surface area contributed by atoms with Crippen LogP contribution < -0.4 is 0 Å². The highest BCUT2D eigenvalue weighted by Gasteiger charge is 2.36. The number of carbonyl (C=O) groups excluding carboxylic acids is 1. The van der Waals surface area contributed by atoms with Crippen LogP contribution in [0.5, 0.6) is 0 Å². The zero-order chi connectivity index (χ0) is 32.4. The van der Waals surface area contributed by atoms with Crippen molar-refractivity contribution in [3.63, 3.8) is 0 Å². The second kappa shape index (κ2) is 13.5. The van der Waals surface area contributed by atoms with E-state index in [1.54, 1.807) is 13.2 Å². The zero-order valence-electron chi connectivity index (χ0n) is 26.9. The third-order valence-electron chi connectivity index (χ3n) is 8.88. The Morgan fingerprint density at radius 1 is 1.17 bits per heavy atom. The summed E-state index contributed by atoms with van der Waals surface area (Å²) in [5.74, 6) is -0.261. The fourth-order valence-corrected chi connectivity index (χ4v) is 6.81. The summed E-state index contributed by atoms with van der Waals surface area (Å²) in [6, 6.07) is 12.8. The second-order valence-electron chi connectivity index (χ2n) is 13.0. The number of fused-ring (bicyclic) bond motifs is 1. The van der Waals surface area contributed by atoms with Crippen LogP contribution in [0.3, 0.4) is 0 Å². The van der Waals surface area contributed by atoms with Gasteiger partial charge in [-0.15, -0.1) is 5.10 Å². The minimum atomic E-state index is -0.886. The normalized spacial score (nSPS) is 19.5. The van der Waals surface area contributed by atoms with Gasteiger partial charge in [-0.1, -0.05) is 78.2 Å². The van der Waals surface area contributed by atoms with E-state index in [-0.39, 0.29) is 24.0 Å². The van der Waals surface area contributed by atoms with E-state index in [0.29, 0.717) is 41.0 Å². The molecule has 10 heteroatoms. The van der Waals surface area contributed by atoms with Crippen LogP contribution in [0.1, 0.15) is 54.7 Å². The molecular formula is C36H41ClFN5O3. The molecule has 2 aromatic heterocycles. The average molecular weight is 646 g/mol. The molecule has 1 unspecified atom stereocenters. The van der Waals surface area contributed by atoms with E-state index in [4.69, 9.17) is 21.1 Å². The van der Waals surface area contributed by atoms with Crippen molar-refractivity contribution in [1.29, 1.82) is 0 Å². The number of nitrogens with zero attached hydrogens (tertiary/aromatic N) is 4. The van der Waals surface area contributed by atoms with Gasteiger partial charge in [0.1, 0.15) is 17.2 Å². The molecule has 0 amide bonds. The van der Waals surface area contributed by atoms with Crippen LogP contribution in [0.25, 0.3) is 27.7 Å². The first kappa shape index (κ1) is 32.2. The molecule has 0 radical (unpaired) electrons. The number of aromatic nitrogens is 4. The first-order valence-corrected chi connectivity index (χ1v) is 16.3. The zero-order valence-corrected chi connectivity index (χ0v) is 27.6. The van der Waals surface area contributed by atoms with Gasteiger partial charge in [-0.05, 0) is 68.5 Å². The van der Waals surface area contributed by atoms with Crippen molar-refractivity contribution in [2.24, 2.45) is 11.8 Å². The van der Waals surface area contributed by atoms with Gasteiger partial charge in [-0.3, -0.25) is 9.58 Å². The number of hydrogen-bond acceptors (Lipinski definition) is 6. The molecule has 1 fully saturated rings. The minimum Gasteiger partial charge on any atom is -0.461 e. The van der Waals surface area contributed by atoms with Crippen molar-refractivity contribution in [2.45, 2.75) is 51.6 Å². The molecule has 3 heterocycles. The Balaban J connectivity index is 1.10. The lowest BCUT2D eigenvalue weighted by Gasteiger charge is -2.36. The van der Waals surface area contributed by atoms with Gasteiger partial charge in [0, 0.05) is 48.7 Å². The van der Waals surface area contributed by atoms with Crippen molar-refractivity contribution in [1.82, 2.24) is 24.9 Å². The van der Waals surface area contributed by atoms with Gasteiger partial charge in [-0.2, -0.15) is 0 Å². The number of benzene rings is 2. The second-order valence-corrected chi connectivity index (χ2v) is 13.6. The lowest BCUT2D eigenvalue weighted by Crippen LogP contribution is -2.38. The third kappa shape index (κ3) is 6.97. The van der Waals surface area contributed by atoms with E-state index < -0.39 is 11.0 Å². The highest BCUT2D eigenvalue weighted by atomic mass is 35.5. The van der Waals surface area contributed by atoms with Crippen LogP contribution in [0, 0.1) is 24.6 Å². The number of esters is 1. The van der Waals surface area contributed by atoms with Crippen molar-refractivity contribution in [2.75, 3.05) is 33.4 Å². The van der Waals surface area contributed by atoms with Gasteiger partial charge in [0.2, 0.25) is 0 Å². The van der Waals surface area contributed by atoms with Crippen LogP contribution in [0.4, 0.5) is 4.39 Å². The summed E-state index contributed by atoms with van der Waals surface area (Å²) >= 11 is 7.06. The van der Waals surface area contributed by atoms with Crippen molar-refractivity contribution in [3.8, 4) is 11.3 Å². The number of rotatable bonds is 10. The van der Waals surface area contributed by atoms with Gasteiger partial charge in [-0.25, -0.2) is 9.18 Å². The molecule has 2 aliphatic rings. The Morgan fingerprint density at radius 3 is 2.72 bits per heavy atom. The number of allylic oxidation sites excluding steroid dienone is 2. The number of halogens is 2. The largest absolute Gasteiger partial charge is 0.461 e. The topological polar surface area (TPSA) is 85.3 Å². The van der Waals surface area contributed by atoms with Crippen LogP contribution in [-0.4, -0.2) is 69.3 Å². The fourth-order valence-electron chi connectivity index (χ4n) is 6.47. The summed E-state index contributed by atoms with van der Waals surface area (Å²) in [4.78, 5) is 18.6. The van der Waals surface area contributed by atoms with Gasteiger partial charge in [0.05, 0.1) is 12.8 Å². The quantitative estimate of drug-likeness (QED) is 0.143. The Kier molecular flexibility index (Phi) is 9.45. The number of carbonyl (C=O) groups is 1. The first-order valence-electron chi connectivity index (χ1n) is 15.9. The molecule has 1 N–H and O–H groups in total. The summed E-state index contributed by atoms with van der Waals surface area (Å²) in [6.07, 6.45) is 8.83. The maximum atomic E-state index is 14.3. The molecule has 0 bridgehead atoms. The summed E-state index contributed by atoms with van der Waals surface area (Å²) in [7, 11) is 1.68. The molecule has 8 nitrogen and oxygen atoms in total. The molecular weight excluding hydrogens is 605 g/mol. The number of methoxy groups -OCH3 is 1. The van der Waals surface area contributed by atoms with Crippen LogP contribution in [0.2, 0.25) is 0 Å². The molecule has 2 aromatic carbocycles. The molecule has 1 atom stereocenters. The van der Waals surface area contributed by atoms with Crippen molar-refractivity contribution < 1.29 is 18.7 Å². The molecule has 6 rings (SSSR count). The predicted molar refractivity (Wildman–Crippen MR) is 179 cm³/mol. The predicted octanol–water partition coefficient (Wildman–Crippen LogP) is 7.39. The van der Waals surface area contributed by atoms with E-state index >= 15 is 0 Å². The number of H-pyrrole nitrogens is 1. The SMILES string of the molecule is COC1(Cl)CC(CN2CCC(Cn3cc(-c4c(C(=O)OCC(C)C)[nH]c5ccc(F)cc45)nn3)CC2)=CC=C1c1cccc(C)c1. The number of ether oxygens (including phenoxy) is 2. The average Bonchev–Trinajstić information content (AvgIpc) is 3.65. The number of aromatic amines is 1. The lowest BCUT2D eigenvalue weighted by molar-refractivity contribution is 0.0454. The van der Waals surface area contributed by atoms with Crippen molar-refractivity contribution in [3.05, 3.63) is 89.0 Å². The monoisotopic (exact) mass is 645 g/mol.